The van der Waals surface area contributed by atoms with Crippen molar-refractivity contribution in [1.82, 2.24) is 9.21 Å². The van der Waals surface area contributed by atoms with Gasteiger partial charge in [-0.15, -0.1) is 0 Å². The highest BCUT2D eigenvalue weighted by molar-refractivity contribution is 7.89. The zero-order chi connectivity index (χ0) is 22.0. The van der Waals surface area contributed by atoms with E-state index in [1.807, 2.05) is 4.90 Å². The van der Waals surface area contributed by atoms with E-state index in [1.165, 1.54) is 24.3 Å². The molecule has 0 aromatic heterocycles. The zero-order valence-corrected chi connectivity index (χ0v) is 18.6. The third kappa shape index (κ3) is 5.44. The number of likely N-dealkylation sites (tertiary alicyclic amines) is 1. The lowest BCUT2D eigenvalue weighted by Crippen LogP contribution is -2.49. The molecule has 166 valence electrons. The Labute approximate surface area is 187 Å². The van der Waals surface area contributed by atoms with Crippen molar-refractivity contribution < 1.29 is 17.6 Å². The predicted octanol–water partition coefficient (Wildman–Crippen LogP) is 3.74. The number of rotatable bonds is 7. The molecule has 1 amide bonds. The molecule has 1 saturated carbocycles. The number of carbonyl (C=O) groups excluding carboxylic acids is 1. The third-order valence-corrected chi connectivity index (χ3v) is 7.98. The van der Waals surface area contributed by atoms with E-state index in [0.717, 1.165) is 12.8 Å². The van der Waals surface area contributed by atoms with Gasteiger partial charge in [-0.3, -0.25) is 9.69 Å². The quantitative estimate of drug-likeness (QED) is 0.676. The molecular formula is C22H25ClFN3O3S. The lowest BCUT2D eigenvalue weighted by Gasteiger charge is -2.37. The van der Waals surface area contributed by atoms with Gasteiger partial charge in [-0.1, -0.05) is 11.6 Å². The summed E-state index contributed by atoms with van der Waals surface area (Å²) < 4.78 is 41.3. The Kier molecular flexibility index (Phi) is 6.62. The van der Waals surface area contributed by atoms with Gasteiger partial charge in [-0.2, -0.15) is 4.31 Å². The van der Waals surface area contributed by atoms with Crippen LogP contribution in [0.4, 0.5) is 10.1 Å². The van der Waals surface area contributed by atoms with E-state index in [4.69, 9.17) is 11.6 Å². The van der Waals surface area contributed by atoms with Crippen molar-refractivity contribution in [2.75, 3.05) is 25.0 Å². The molecule has 1 aliphatic heterocycles. The van der Waals surface area contributed by atoms with Crippen molar-refractivity contribution >= 4 is 33.2 Å². The summed E-state index contributed by atoms with van der Waals surface area (Å²) in [6, 6.07) is 11.9. The monoisotopic (exact) mass is 465 g/mol. The first-order valence-electron chi connectivity index (χ1n) is 10.4. The molecule has 2 aliphatic rings. The van der Waals surface area contributed by atoms with Crippen LogP contribution >= 0.6 is 11.6 Å². The molecule has 1 N–H and O–H groups in total. The van der Waals surface area contributed by atoms with Crippen LogP contribution in [-0.4, -0.2) is 55.2 Å². The minimum atomic E-state index is -3.59. The van der Waals surface area contributed by atoms with Crippen molar-refractivity contribution in [2.24, 2.45) is 0 Å². The molecule has 0 atom stereocenters. The molecule has 31 heavy (non-hydrogen) atoms. The van der Waals surface area contributed by atoms with Gasteiger partial charge in [0.25, 0.3) is 0 Å². The van der Waals surface area contributed by atoms with E-state index in [-0.39, 0.29) is 35.2 Å². The smallest absolute Gasteiger partial charge is 0.243 e. The molecular weight excluding hydrogens is 441 g/mol. The summed E-state index contributed by atoms with van der Waals surface area (Å²) in [6.07, 6.45) is 3.11. The highest BCUT2D eigenvalue weighted by Crippen LogP contribution is 2.36. The fraction of sp³-hybridized carbons (Fsp3) is 0.409. The second-order valence-electron chi connectivity index (χ2n) is 8.08. The summed E-state index contributed by atoms with van der Waals surface area (Å²) in [5.41, 5.74) is 0.551. The minimum absolute atomic E-state index is 0.0546. The molecule has 2 fully saturated rings. The molecule has 0 bridgehead atoms. The van der Waals surface area contributed by atoms with Gasteiger partial charge in [-0.25, -0.2) is 12.8 Å². The normalized spacial score (nSPS) is 18.3. The molecule has 1 saturated heterocycles. The van der Waals surface area contributed by atoms with Crippen molar-refractivity contribution in [2.45, 2.75) is 42.7 Å². The van der Waals surface area contributed by atoms with Crippen LogP contribution in [0.5, 0.6) is 0 Å². The van der Waals surface area contributed by atoms with Gasteiger partial charge >= 0.3 is 0 Å². The number of nitrogens with one attached hydrogen (secondary N) is 1. The number of halogens is 2. The first-order valence-corrected chi connectivity index (χ1v) is 12.2. The van der Waals surface area contributed by atoms with Crippen molar-refractivity contribution in [1.29, 1.82) is 0 Å². The number of piperidine rings is 1. The van der Waals surface area contributed by atoms with Gasteiger partial charge in [0.05, 0.1) is 11.4 Å². The Balaban J connectivity index is 1.36. The van der Waals surface area contributed by atoms with Gasteiger partial charge in [0.15, 0.2) is 0 Å². The number of carbonyl (C=O) groups is 1. The number of benzene rings is 2. The molecule has 2 aromatic rings. The number of sulfonamides is 1. The molecule has 0 radical (unpaired) electrons. The number of nitrogens with zero attached hydrogens (tertiary/aromatic N) is 2. The topological polar surface area (TPSA) is 69.7 Å². The molecule has 0 unspecified atom stereocenters. The fourth-order valence-corrected chi connectivity index (χ4v) is 6.07. The van der Waals surface area contributed by atoms with E-state index in [1.54, 1.807) is 28.6 Å². The van der Waals surface area contributed by atoms with Crippen LogP contribution in [0.3, 0.4) is 0 Å². The Hall–Kier alpha value is -2.00. The summed E-state index contributed by atoms with van der Waals surface area (Å²) in [5.74, 6) is -0.522. The average molecular weight is 466 g/mol. The summed E-state index contributed by atoms with van der Waals surface area (Å²) in [5, 5.41) is 3.27. The molecule has 1 aliphatic carbocycles. The highest BCUT2D eigenvalue weighted by atomic mass is 35.5. The summed E-state index contributed by atoms with van der Waals surface area (Å²) in [7, 11) is -3.59. The zero-order valence-electron chi connectivity index (χ0n) is 17.0. The van der Waals surface area contributed by atoms with Gasteiger partial charge in [0.1, 0.15) is 5.82 Å². The maximum atomic E-state index is 13.3. The second kappa shape index (κ2) is 9.24. The van der Waals surface area contributed by atoms with Crippen molar-refractivity contribution in [3.8, 4) is 0 Å². The molecule has 0 spiro atoms. The maximum absolute atomic E-state index is 13.3. The van der Waals surface area contributed by atoms with Crippen LogP contribution in [-0.2, 0) is 14.8 Å². The first kappa shape index (κ1) is 22.2. The third-order valence-electron chi connectivity index (χ3n) is 5.71. The Morgan fingerprint density at radius 3 is 2.16 bits per heavy atom. The van der Waals surface area contributed by atoms with E-state index in [0.29, 0.717) is 36.6 Å². The number of hydrogen-bond acceptors (Lipinski definition) is 4. The van der Waals surface area contributed by atoms with Crippen LogP contribution < -0.4 is 5.32 Å². The summed E-state index contributed by atoms with van der Waals surface area (Å²) >= 11 is 5.92. The largest absolute Gasteiger partial charge is 0.325 e. The summed E-state index contributed by atoms with van der Waals surface area (Å²) in [4.78, 5) is 14.6. The summed E-state index contributed by atoms with van der Waals surface area (Å²) in [6.45, 7) is 1.50. The Morgan fingerprint density at radius 2 is 1.58 bits per heavy atom. The molecule has 1 heterocycles. The first-order chi connectivity index (χ1) is 14.8. The van der Waals surface area contributed by atoms with Crippen LogP contribution in [0.15, 0.2) is 53.4 Å². The van der Waals surface area contributed by atoms with Gasteiger partial charge in [0.2, 0.25) is 15.9 Å². The van der Waals surface area contributed by atoms with Gasteiger partial charge in [0, 0.05) is 35.9 Å². The second-order valence-corrected chi connectivity index (χ2v) is 10.4. The molecule has 4 rings (SSSR count). The van der Waals surface area contributed by atoms with E-state index >= 15 is 0 Å². The fourth-order valence-electron chi connectivity index (χ4n) is 4.02. The molecule has 9 heteroatoms. The molecule has 6 nitrogen and oxygen atoms in total. The Morgan fingerprint density at radius 1 is 1.00 bits per heavy atom. The van der Waals surface area contributed by atoms with Crippen LogP contribution in [0, 0.1) is 5.82 Å². The van der Waals surface area contributed by atoms with Crippen LogP contribution in [0.2, 0.25) is 5.02 Å². The number of anilines is 1. The Bertz CT molecular complexity index is 1020. The van der Waals surface area contributed by atoms with Crippen LogP contribution in [0.1, 0.15) is 25.7 Å². The number of amides is 1. The maximum Gasteiger partial charge on any atom is 0.243 e. The minimum Gasteiger partial charge on any atom is -0.325 e. The van der Waals surface area contributed by atoms with E-state index < -0.39 is 10.0 Å². The van der Waals surface area contributed by atoms with E-state index in [2.05, 4.69) is 5.32 Å². The lowest BCUT2D eigenvalue weighted by atomic mass is 10.0. The lowest BCUT2D eigenvalue weighted by molar-refractivity contribution is -0.117. The standard InChI is InChI=1S/C22H25ClFN3O3S/c23-16-1-9-21(10-2-16)31(29,30)27(19-7-8-19)20-11-13-26(14-12-20)15-22(28)25-18-5-3-17(24)4-6-18/h1-6,9-10,19-20H,7-8,11-15H2,(H,25,28). The van der Waals surface area contributed by atoms with Crippen molar-refractivity contribution in [3.05, 3.63) is 59.4 Å². The number of hydrogen-bond donors (Lipinski definition) is 1. The van der Waals surface area contributed by atoms with Crippen molar-refractivity contribution in [3.63, 3.8) is 0 Å². The average Bonchev–Trinajstić information content (AvgIpc) is 3.56. The highest BCUT2D eigenvalue weighted by Gasteiger charge is 2.43. The van der Waals surface area contributed by atoms with Gasteiger partial charge < -0.3 is 5.32 Å². The van der Waals surface area contributed by atoms with Gasteiger partial charge in [-0.05, 0) is 74.2 Å². The SMILES string of the molecule is O=C(CN1CCC(N(C2CC2)S(=O)(=O)c2ccc(Cl)cc2)CC1)Nc1ccc(F)cc1. The van der Waals surface area contributed by atoms with Crippen LogP contribution in [0.25, 0.3) is 0 Å². The van der Waals surface area contributed by atoms with E-state index in [9.17, 15) is 17.6 Å². The predicted molar refractivity (Wildman–Crippen MR) is 118 cm³/mol. The molecule has 2 aromatic carbocycles.